The van der Waals surface area contributed by atoms with Crippen molar-refractivity contribution in [2.45, 2.75) is 13.8 Å². The monoisotopic (exact) mass is 207 g/mol. The Morgan fingerprint density at radius 2 is 2.20 bits per heavy atom. The van der Waals surface area contributed by atoms with Crippen LogP contribution in [0, 0.1) is 6.92 Å². The van der Waals surface area contributed by atoms with Crippen molar-refractivity contribution in [3.8, 4) is 0 Å². The molecule has 0 aromatic carbocycles. The van der Waals surface area contributed by atoms with E-state index in [4.69, 9.17) is 0 Å². The Hall–Kier alpha value is -1.42. The van der Waals surface area contributed by atoms with Gasteiger partial charge in [-0.2, -0.15) is 0 Å². The van der Waals surface area contributed by atoms with E-state index in [-0.39, 0.29) is 5.91 Å². The summed E-state index contributed by atoms with van der Waals surface area (Å²) in [6.07, 6.45) is 1.60. The summed E-state index contributed by atoms with van der Waals surface area (Å²) in [7, 11) is 0. The fourth-order valence-corrected chi connectivity index (χ4v) is 1.15. The summed E-state index contributed by atoms with van der Waals surface area (Å²) in [5.74, 6) is -0.0691. The van der Waals surface area contributed by atoms with Gasteiger partial charge in [0, 0.05) is 25.0 Å². The molecule has 0 bridgehead atoms. The largest absolute Gasteiger partial charge is 0.351 e. The molecule has 2 N–H and O–H groups in total. The van der Waals surface area contributed by atoms with Gasteiger partial charge in [0.2, 0.25) is 0 Å². The van der Waals surface area contributed by atoms with Crippen LogP contribution in [0.25, 0.3) is 0 Å². The summed E-state index contributed by atoms with van der Waals surface area (Å²) >= 11 is 0. The topological polar surface area (TPSA) is 54.0 Å². The second-order valence-corrected chi connectivity index (χ2v) is 3.30. The average molecular weight is 207 g/mol. The molecule has 0 unspecified atom stereocenters. The number of carbonyl (C=O) groups excluding carboxylic acids is 1. The van der Waals surface area contributed by atoms with Gasteiger partial charge in [0.1, 0.15) is 0 Å². The Balaban J connectivity index is 2.37. The molecule has 0 spiro atoms. The molecular weight excluding hydrogens is 190 g/mol. The smallest absolute Gasteiger partial charge is 0.252 e. The van der Waals surface area contributed by atoms with Gasteiger partial charge >= 0.3 is 0 Å². The first kappa shape index (κ1) is 11.7. The van der Waals surface area contributed by atoms with Gasteiger partial charge in [-0.3, -0.25) is 9.78 Å². The molecule has 4 nitrogen and oxygen atoms in total. The van der Waals surface area contributed by atoms with E-state index in [1.54, 1.807) is 12.3 Å². The minimum Gasteiger partial charge on any atom is -0.351 e. The van der Waals surface area contributed by atoms with Crippen molar-refractivity contribution in [1.29, 1.82) is 0 Å². The molecule has 0 saturated heterocycles. The third-order valence-corrected chi connectivity index (χ3v) is 2.01. The maximum absolute atomic E-state index is 11.5. The number of nitrogens with one attached hydrogen (secondary N) is 2. The minimum absolute atomic E-state index is 0.0691. The second-order valence-electron chi connectivity index (χ2n) is 3.30. The lowest BCUT2D eigenvalue weighted by Crippen LogP contribution is -2.31. The maximum atomic E-state index is 11.5. The number of carbonyl (C=O) groups is 1. The van der Waals surface area contributed by atoms with E-state index in [1.165, 1.54) is 0 Å². The van der Waals surface area contributed by atoms with E-state index in [0.29, 0.717) is 12.1 Å². The van der Waals surface area contributed by atoms with Crippen LogP contribution in [0.5, 0.6) is 0 Å². The normalized spacial score (nSPS) is 10.0. The van der Waals surface area contributed by atoms with Crippen LogP contribution in [0.3, 0.4) is 0 Å². The first-order valence-corrected chi connectivity index (χ1v) is 5.15. The molecule has 0 aliphatic carbocycles. The number of nitrogens with zero attached hydrogens (tertiary/aromatic N) is 1. The Kier molecular flexibility index (Phi) is 4.77. The molecule has 0 saturated carbocycles. The van der Waals surface area contributed by atoms with Crippen LogP contribution in [0.4, 0.5) is 0 Å². The van der Waals surface area contributed by atoms with E-state index in [9.17, 15) is 4.79 Å². The number of hydrogen-bond donors (Lipinski definition) is 2. The highest BCUT2D eigenvalue weighted by molar-refractivity contribution is 5.93. The van der Waals surface area contributed by atoms with Crippen LogP contribution in [0.2, 0.25) is 0 Å². The average Bonchev–Trinajstić information content (AvgIpc) is 2.25. The lowest BCUT2D eigenvalue weighted by Gasteiger charge is -2.05. The number of likely N-dealkylation sites (N-methyl/N-ethyl adjacent to an activating group) is 1. The third-order valence-electron chi connectivity index (χ3n) is 2.01. The first-order valence-electron chi connectivity index (χ1n) is 5.15. The Morgan fingerprint density at radius 1 is 1.40 bits per heavy atom. The van der Waals surface area contributed by atoms with Gasteiger partial charge < -0.3 is 10.6 Å². The SMILES string of the molecule is CCNCCNC(=O)c1ccc(C)nc1. The molecule has 82 valence electrons. The molecule has 4 heteroatoms. The standard InChI is InChI=1S/C11H17N3O/c1-3-12-6-7-13-11(15)10-5-4-9(2)14-8-10/h4-5,8,12H,3,6-7H2,1-2H3,(H,13,15). The lowest BCUT2D eigenvalue weighted by atomic mass is 10.2. The molecule has 1 aromatic rings. The van der Waals surface area contributed by atoms with E-state index >= 15 is 0 Å². The van der Waals surface area contributed by atoms with Gasteiger partial charge in [0.15, 0.2) is 0 Å². The van der Waals surface area contributed by atoms with E-state index in [1.807, 2.05) is 19.9 Å². The molecule has 0 atom stereocenters. The molecule has 1 amide bonds. The number of amides is 1. The molecule has 0 radical (unpaired) electrons. The minimum atomic E-state index is -0.0691. The zero-order valence-electron chi connectivity index (χ0n) is 9.21. The molecule has 0 fully saturated rings. The quantitative estimate of drug-likeness (QED) is 0.700. The van der Waals surface area contributed by atoms with Crippen LogP contribution in [-0.4, -0.2) is 30.5 Å². The summed E-state index contributed by atoms with van der Waals surface area (Å²) in [4.78, 5) is 15.6. The molecule has 0 aliphatic heterocycles. The molecule has 1 heterocycles. The summed E-state index contributed by atoms with van der Waals surface area (Å²) in [5, 5.41) is 5.95. The molecule has 1 rings (SSSR count). The van der Waals surface area contributed by atoms with Gasteiger partial charge in [-0.05, 0) is 25.6 Å². The van der Waals surface area contributed by atoms with Gasteiger partial charge in [0.25, 0.3) is 5.91 Å². The molecule has 1 aromatic heterocycles. The van der Waals surface area contributed by atoms with E-state index in [2.05, 4.69) is 15.6 Å². The molecule has 15 heavy (non-hydrogen) atoms. The van der Waals surface area contributed by atoms with Crippen molar-refractivity contribution in [3.05, 3.63) is 29.6 Å². The van der Waals surface area contributed by atoms with E-state index < -0.39 is 0 Å². The highest BCUT2D eigenvalue weighted by Crippen LogP contribution is 1.98. The summed E-state index contributed by atoms with van der Waals surface area (Å²) in [6, 6.07) is 3.62. The van der Waals surface area contributed by atoms with Gasteiger partial charge in [-0.25, -0.2) is 0 Å². The summed E-state index contributed by atoms with van der Waals surface area (Å²) in [5.41, 5.74) is 1.52. The highest BCUT2D eigenvalue weighted by atomic mass is 16.1. The zero-order chi connectivity index (χ0) is 11.1. The predicted octanol–water partition coefficient (Wildman–Crippen LogP) is 0.729. The van der Waals surface area contributed by atoms with Crippen LogP contribution in [-0.2, 0) is 0 Å². The maximum Gasteiger partial charge on any atom is 0.252 e. The number of hydrogen-bond acceptors (Lipinski definition) is 3. The number of pyridine rings is 1. The van der Waals surface area contributed by atoms with E-state index in [0.717, 1.165) is 18.8 Å². The van der Waals surface area contributed by atoms with Crippen molar-refractivity contribution in [3.63, 3.8) is 0 Å². The summed E-state index contributed by atoms with van der Waals surface area (Å²) < 4.78 is 0. The first-order chi connectivity index (χ1) is 7.24. The number of aryl methyl sites for hydroxylation is 1. The highest BCUT2D eigenvalue weighted by Gasteiger charge is 2.03. The lowest BCUT2D eigenvalue weighted by molar-refractivity contribution is 0.0953. The van der Waals surface area contributed by atoms with Crippen molar-refractivity contribution < 1.29 is 4.79 Å². The zero-order valence-corrected chi connectivity index (χ0v) is 9.21. The van der Waals surface area contributed by atoms with Gasteiger partial charge in [0.05, 0.1) is 5.56 Å². The fourth-order valence-electron chi connectivity index (χ4n) is 1.15. The molecule has 0 aliphatic rings. The second kappa shape index (κ2) is 6.14. The van der Waals surface area contributed by atoms with Crippen molar-refractivity contribution in [1.82, 2.24) is 15.6 Å². The Bertz CT molecular complexity index is 308. The van der Waals surface area contributed by atoms with Gasteiger partial charge in [-0.15, -0.1) is 0 Å². The number of rotatable bonds is 5. The van der Waals surface area contributed by atoms with Crippen LogP contribution in [0.15, 0.2) is 18.3 Å². The van der Waals surface area contributed by atoms with Crippen LogP contribution in [0.1, 0.15) is 23.0 Å². The third kappa shape index (κ3) is 4.08. The van der Waals surface area contributed by atoms with Crippen LogP contribution < -0.4 is 10.6 Å². The van der Waals surface area contributed by atoms with Crippen molar-refractivity contribution >= 4 is 5.91 Å². The predicted molar refractivity (Wildman–Crippen MR) is 59.9 cm³/mol. The molecular formula is C11H17N3O. The van der Waals surface area contributed by atoms with Gasteiger partial charge in [-0.1, -0.05) is 6.92 Å². The fraction of sp³-hybridized carbons (Fsp3) is 0.455. The number of aromatic nitrogens is 1. The Morgan fingerprint density at radius 3 is 2.80 bits per heavy atom. The van der Waals surface area contributed by atoms with Crippen molar-refractivity contribution in [2.24, 2.45) is 0 Å². The summed E-state index contributed by atoms with van der Waals surface area (Å²) in [6.45, 7) is 6.28. The van der Waals surface area contributed by atoms with Crippen LogP contribution >= 0.6 is 0 Å². The Labute approximate surface area is 90.1 Å². The van der Waals surface area contributed by atoms with Crippen molar-refractivity contribution in [2.75, 3.05) is 19.6 Å².